The van der Waals surface area contributed by atoms with Crippen LogP contribution in [0.3, 0.4) is 0 Å². The largest absolute Gasteiger partial charge is 0.385 e. The maximum Gasteiger partial charge on any atom is 0.143 e. The first-order chi connectivity index (χ1) is 5.33. The Kier molecular flexibility index (Phi) is 3.94. The summed E-state index contributed by atoms with van der Waals surface area (Å²) >= 11 is 1.80. The third-order valence-electron chi connectivity index (χ3n) is 1.81. The van der Waals surface area contributed by atoms with Crippen LogP contribution in [0.2, 0.25) is 0 Å². The molecule has 0 bridgehead atoms. The number of hydrogen-bond acceptors (Lipinski definition) is 3. The van der Waals surface area contributed by atoms with Crippen LogP contribution >= 0.6 is 11.8 Å². The lowest BCUT2D eigenvalue weighted by Crippen LogP contribution is -2.01. The number of Topliss-reactive ketones (excluding diaryl/α,β-unsaturated/α-hetero) is 1. The monoisotopic (exact) mass is 174 g/mol. The van der Waals surface area contributed by atoms with Gasteiger partial charge in [0.1, 0.15) is 5.78 Å². The second-order valence-corrected chi connectivity index (χ2v) is 4.10. The van der Waals surface area contributed by atoms with Gasteiger partial charge in [-0.15, -0.1) is 0 Å². The molecule has 1 rings (SSSR count). The summed E-state index contributed by atoms with van der Waals surface area (Å²) in [5.41, 5.74) is 0. The molecule has 0 aromatic heterocycles. The zero-order valence-electron chi connectivity index (χ0n) is 6.84. The van der Waals surface area contributed by atoms with E-state index >= 15 is 0 Å². The number of rotatable bonds is 4. The minimum absolute atomic E-state index is 0.414. The van der Waals surface area contributed by atoms with Crippen molar-refractivity contribution in [3.8, 4) is 0 Å². The highest BCUT2D eigenvalue weighted by Crippen LogP contribution is 2.27. The number of carbonyl (C=O) groups excluding carboxylic acids is 1. The SMILES string of the molecule is COCCCC1CC(=O)CS1. The number of ether oxygens (including phenoxy) is 1. The average Bonchev–Trinajstić information content (AvgIpc) is 2.37. The van der Waals surface area contributed by atoms with Gasteiger partial charge in [-0.25, -0.2) is 0 Å². The molecule has 2 nitrogen and oxygen atoms in total. The fourth-order valence-corrected chi connectivity index (χ4v) is 2.40. The molecular formula is C8H14O2S. The first-order valence-electron chi connectivity index (χ1n) is 3.95. The van der Waals surface area contributed by atoms with Crippen molar-refractivity contribution in [2.24, 2.45) is 0 Å². The Bertz CT molecular complexity index is 136. The van der Waals surface area contributed by atoms with Gasteiger partial charge >= 0.3 is 0 Å². The molecule has 0 N–H and O–H groups in total. The molecule has 1 saturated heterocycles. The summed E-state index contributed by atoms with van der Waals surface area (Å²) in [5.74, 6) is 1.15. The van der Waals surface area contributed by atoms with Crippen molar-refractivity contribution in [1.29, 1.82) is 0 Å². The first-order valence-corrected chi connectivity index (χ1v) is 5.00. The third kappa shape index (κ3) is 3.25. The summed E-state index contributed by atoms with van der Waals surface area (Å²) in [6.45, 7) is 0.825. The van der Waals surface area contributed by atoms with Gasteiger partial charge in [0.05, 0.1) is 5.75 Å². The van der Waals surface area contributed by atoms with E-state index in [1.54, 1.807) is 18.9 Å². The normalized spacial score (nSPS) is 24.5. The van der Waals surface area contributed by atoms with Crippen molar-refractivity contribution in [3.63, 3.8) is 0 Å². The number of thioether (sulfide) groups is 1. The Morgan fingerprint density at radius 3 is 3.09 bits per heavy atom. The minimum Gasteiger partial charge on any atom is -0.385 e. The van der Waals surface area contributed by atoms with Crippen LogP contribution in [0.1, 0.15) is 19.3 Å². The van der Waals surface area contributed by atoms with Crippen molar-refractivity contribution in [2.45, 2.75) is 24.5 Å². The highest BCUT2D eigenvalue weighted by atomic mass is 32.2. The lowest BCUT2D eigenvalue weighted by molar-refractivity contribution is -0.116. The Balaban J connectivity index is 2.04. The summed E-state index contributed by atoms with van der Waals surface area (Å²) in [5, 5.41) is 0.581. The second kappa shape index (κ2) is 4.78. The van der Waals surface area contributed by atoms with E-state index in [9.17, 15) is 4.79 Å². The molecule has 64 valence electrons. The van der Waals surface area contributed by atoms with Gasteiger partial charge in [0, 0.05) is 25.4 Å². The van der Waals surface area contributed by atoms with Crippen LogP contribution in [0, 0.1) is 0 Å². The Hall–Kier alpha value is -0.0200. The minimum atomic E-state index is 0.414. The number of methoxy groups -OCH3 is 1. The number of hydrogen-bond donors (Lipinski definition) is 0. The van der Waals surface area contributed by atoms with E-state index < -0.39 is 0 Å². The number of carbonyl (C=O) groups is 1. The van der Waals surface area contributed by atoms with Crippen LogP contribution in [0.15, 0.2) is 0 Å². The van der Waals surface area contributed by atoms with Gasteiger partial charge < -0.3 is 4.74 Å². The van der Waals surface area contributed by atoms with Gasteiger partial charge in [0.15, 0.2) is 0 Å². The summed E-state index contributed by atoms with van der Waals surface area (Å²) in [6.07, 6.45) is 3.00. The van der Waals surface area contributed by atoms with E-state index in [-0.39, 0.29) is 0 Å². The zero-order valence-corrected chi connectivity index (χ0v) is 7.65. The van der Waals surface area contributed by atoms with Crippen molar-refractivity contribution >= 4 is 17.5 Å². The third-order valence-corrected chi connectivity index (χ3v) is 3.17. The molecule has 1 fully saturated rings. The highest BCUT2D eigenvalue weighted by Gasteiger charge is 2.21. The molecule has 0 saturated carbocycles. The fraction of sp³-hybridized carbons (Fsp3) is 0.875. The van der Waals surface area contributed by atoms with Crippen molar-refractivity contribution in [1.82, 2.24) is 0 Å². The van der Waals surface area contributed by atoms with Gasteiger partial charge in [-0.05, 0) is 12.8 Å². The lowest BCUT2D eigenvalue weighted by atomic mass is 10.1. The molecule has 1 aliphatic rings. The van der Waals surface area contributed by atoms with Crippen LogP contribution in [-0.4, -0.2) is 30.5 Å². The summed E-state index contributed by atoms with van der Waals surface area (Å²) in [4.78, 5) is 10.8. The van der Waals surface area contributed by atoms with E-state index in [2.05, 4.69) is 0 Å². The van der Waals surface area contributed by atoms with Crippen LogP contribution in [-0.2, 0) is 9.53 Å². The standard InChI is InChI=1S/C8H14O2S/c1-10-4-2-3-8-5-7(9)6-11-8/h8H,2-6H2,1H3. The van der Waals surface area contributed by atoms with Crippen molar-refractivity contribution in [2.75, 3.05) is 19.5 Å². The molecule has 11 heavy (non-hydrogen) atoms. The number of ketones is 1. The zero-order chi connectivity index (χ0) is 8.10. The van der Waals surface area contributed by atoms with Gasteiger partial charge in [-0.1, -0.05) is 0 Å². The van der Waals surface area contributed by atoms with E-state index in [4.69, 9.17) is 4.74 Å². The molecule has 1 heterocycles. The molecule has 0 amide bonds. The summed E-state index contributed by atoms with van der Waals surface area (Å²) in [7, 11) is 1.72. The maximum absolute atomic E-state index is 10.8. The van der Waals surface area contributed by atoms with Gasteiger partial charge in [0.2, 0.25) is 0 Å². The van der Waals surface area contributed by atoms with Gasteiger partial charge in [-0.3, -0.25) is 4.79 Å². The topological polar surface area (TPSA) is 26.3 Å². The van der Waals surface area contributed by atoms with Crippen LogP contribution in [0.5, 0.6) is 0 Å². The quantitative estimate of drug-likeness (QED) is 0.604. The molecule has 0 radical (unpaired) electrons. The molecule has 3 heteroatoms. The molecule has 1 unspecified atom stereocenters. The predicted molar refractivity (Wildman–Crippen MR) is 47.0 cm³/mol. The highest BCUT2D eigenvalue weighted by molar-refractivity contribution is 8.01. The van der Waals surface area contributed by atoms with Crippen LogP contribution in [0.25, 0.3) is 0 Å². The molecule has 0 aromatic rings. The Labute approximate surface area is 71.7 Å². The van der Waals surface area contributed by atoms with E-state index in [0.29, 0.717) is 11.0 Å². The lowest BCUT2D eigenvalue weighted by Gasteiger charge is -2.05. The van der Waals surface area contributed by atoms with Crippen LogP contribution in [0.4, 0.5) is 0 Å². The van der Waals surface area contributed by atoms with E-state index in [1.807, 2.05) is 0 Å². The molecule has 1 aliphatic heterocycles. The molecule has 0 aromatic carbocycles. The molecule has 0 spiro atoms. The van der Waals surface area contributed by atoms with Crippen molar-refractivity contribution < 1.29 is 9.53 Å². The fourth-order valence-electron chi connectivity index (χ4n) is 1.22. The van der Waals surface area contributed by atoms with E-state index in [1.165, 1.54) is 0 Å². The molecule has 1 atom stereocenters. The Morgan fingerprint density at radius 2 is 2.55 bits per heavy atom. The summed E-state index contributed by atoms with van der Waals surface area (Å²) in [6, 6.07) is 0. The molecule has 0 aliphatic carbocycles. The first kappa shape index (κ1) is 9.07. The van der Waals surface area contributed by atoms with Gasteiger partial charge in [0.25, 0.3) is 0 Å². The molecular weight excluding hydrogens is 160 g/mol. The van der Waals surface area contributed by atoms with Crippen molar-refractivity contribution in [3.05, 3.63) is 0 Å². The smallest absolute Gasteiger partial charge is 0.143 e. The Morgan fingerprint density at radius 1 is 1.73 bits per heavy atom. The van der Waals surface area contributed by atoms with Gasteiger partial charge in [-0.2, -0.15) is 11.8 Å². The maximum atomic E-state index is 10.8. The predicted octanol–water partition coefficient (Wildman–Crippen LogP) is 1.49. The van der Waals surface area contributed by atoms with E-state index in [0.717, 1.165) is 31.6 Å². The second-order valence-electron chi connectivity index (χ2n) is 2.81. The summed E-state index contributed by atoms with van der Waals surface area (Å²) < 4.78 is 4.93. The average molecular weight is 174 g/mol. The van der Waals surface area contributed by atoms with Crippen LogP contribution < -0.4 is 0 Å².